The summed E-state index contributed by atoms with van der Waals surface area (Å²) in [5.74, 6) is -0.978. The van der Waals surface area contributed by atoms with Gasteiger partial charge < -0.3 is 5.32 Å². The van der Waals surface area contributed by atoms with Gasteiger partial charge in [0.1, 0.15) is 11.6 Å². The minimum atomic E-state index is -0.523. The van der Waals surface area contributed by atoms with Crippen molar-refractivity contribution in [2.45, 2.75) is 32.2 Å². The lowest BCUT2D eigenvalue weighted by molar-refractivity contribution is 0.479. The standard InChI is InChI=1S/C16H19F2NS/c1-2-19-14(7-8-15-4-3-9-20-15)10-12-5-6-13(17)11-16(12)18/h3-6,9,11,14,19H,2,7-8,10H2,1H3. The summed E-state index contributed by atoms with van der Waals surface area (Å²) in [7, 11) is 0. The fraction of sp³-hybridized carbons (Fsp3) is 0.375. The molecule has 0 aliphatic rings. The average molecular weight is 295 g/mol. The van der Waals surface area contributed by atoms with Gasteiger partial charge in [-0.05, 0) is 48.9 Å². The number of likely N-dealkylation sites (N-methyl/N-ethyl adjacent to an activating group) is 1. The number of thiophene rings is 1. The lowest BCUT2D eigenvalue weighted by Gasteiger charge is -2.18. The Morgan fingerprint density at radius 3 is 2.75 bits per heavy atom. The van der Waals surface area contributed by atoms with Crippen molar-refractivity contribution >= 4 is 11.3 Å². The molecule has 4 heteroatoms. The molecule has 0 aliphatic carbocycles. The molecule has 0 bridgehead atoms. The summed E-state index contributed by atoms with van der Waals surface area (Å²) in [5.41, 5.74) is 0.573. The fourth-order valence-electron chi connectivity index (χ4n) is 2.29. The van der Waals surface area contributed by atoms with Crippen molar-refractivity contribution < 1.29 is 8.78 Å². The molecule has 1 heterocycles. The minimum absolute atomic E-state index is 0.210. The number of halogens is 2. The molecule has 1 aromatic heterocycles. The van der Waals surface area contributed by atoms with Crippen LogP contribution >= 0.6 is 11.3 Å². The van der Waals surface area contributed by atoms with Crippen LogP contribution in [0.15, 0.2) is 35.7 Å². The first-order valence-corrected chi connectivity index (χ1v) is 7.76. The van der Waals surface area contributed by atoms with Crippen molar-refractivity contribution in [1.82, 2.24) is 5.32 Å². The maximum atomic E-state index is 13.7. The molecular formula is C16H19F2NS. The van der Waals surface area contributed by atoms with Gasteiger partial charge in [-0.3, -0.25) is 0 Å². The first-order valence-electron chi connectivity index (χ1n) is 6.88. The first kappa shape index (κ1) is 15.1. The third-order valence-corrected chi connectivity index (χ3v) is 4.23. The van der Waals surface area contributed by atoms with Crippen LogP contribution in [0.5, 0.6) is 0 Å². The molecule has 0 radical (unpaired) electrons. The molecule has 20 heavy (non-hydrogen) atoms. The van der Waals surface area contributed by atoms with E-state index in [-0.39, 0.29) is 6.04 Å². The summed E-state index contributed by atoms with van der Waals surface area (Å²) in [6.45, 7) is 2.89. The van der Waals surface area contributed by atoms with E-state index in [0.717, 1.165) is 25.5 Å². The average Bonchev–Trinajstić information content (AvgIpc) is 2.92. The number of nitrogens with one attached hydrogen (secondary N) is 1. The zero-order valence-corrected chi connectivity index (χ0v) is 12.4. The van der Waals surface area contributed by atoms with E-state index in [2.05, 4.69) is 16.8 Å². The van der Waals surface area contributed by atoms with Crippen LogP contribution in [-0.2, 0) is 12.8 Å². The first-order chi connectivity index (χ1) is 9.69. The van der Waals surface area contributed by atoms with Crippen LogP contribution < -0.4 is 5.32 Å². The number of benzene rings is 1. The molecule has 0 amide bonds. The van der Waals surface area contributed by atoms with Gasteiger partial charge in [-0.25, -0.2) is 8.78 Å². The van der Waals surface area contributed by atoms with Crippen molar-refractivity contribution in [1.29, 1.82) is 0 Å². The predicted octanol–water partition coefficient (Wildman–Crippen LogP) is 4.18. The minimum Gasteiger partial charge on any atom is -0.314 e. The van der Waals surface area contributed by atoms with Crippen LogP contribution in [0.2, 0.25) is 0 Å². The van der Waals surface area contributed by atoms with Crippen molar-refractivity contribution in [3.63, 3.8) is 0 Å². The number of hydrogen-bond acceptors (Lipinski definition) is 2. The van der Waals surface area contributed by atoms with E-state index in [1.54, 1.807) is 17.4 Å². The Kier molecular flexibility index (Phi) is 5.68. The van der Waals surface area contributed by atoms with E-state index >= 15 is 0 Å². The Balaban J connectivity index is 1.97. The van der Waals surface area contributed by atoms with E-state index in [4.69, 9.17) is 0 Å². The second-order valence-corrected chi connectivity index (χ2v) is 5.84. The largest absolute Gasteiger partial charge is 0.314 e. The number of aryl methyl sites for hydroxylation is 1. The van der Waals surface area contributed by atoms with E-state index in [9.17, 15) is 8.78 Å². The van der Waals surface area contributed by atoms with Gasteiger partial charge in [0.2, 0.25) is 0 Å². The molecule has 108 valence electrons. The monoisotopic (exact) mass is 295 g/mol. The summed E-state index contributed by atoms with van der Waals surface area (Å²) in [6.07, 6.45) is 2.52. The molecule has 0 aliphatic heterocycles. The molecule has 0 saturated heterocycles. The summed E-state index contributed by atoms with van der Waals surface area (Å²) >= 11 is 1.74. The summed E-state index contributed by atoms with van der Waals surface area (Å²) < 4.78 is 26.6. The molecule has 1 N–H and O–H groups in total. The van der Waals surface area contributed by atoms with E-state index < -0.39 is 11.6 Å². The quantitative estimate of drug-likeness (QED) is 0.808. The normalized spacial score (nSPS) is 12.6. The Bertz CT molecular complexity index is 525. The summed E-state index contributed by atoms with van der Waals surface area (Å²) in [4.78, 5) is 1.34. The van der Waals surface area contributed by atoms with Crippen LogP contribution in [0.3, 0.4) is 0 Å². The second kappa shape index (κ2) is 7.50. The molecule has 1 nitrogen and oxygen atoms in total. The Morgan fingerprint density at radius 1 is 1.25 bits per heavy atom. The maximum absolute atomic E-state index is 13.7. The zero-order valence-electron chi connectivity index (χ0n) is 11.5. The number of rotatable bonds is 7. The van der Waals surface area contributed by atoms with Gasteiger partial charge in [-0.1, -0.05) is 19.1 Å². The van der Waals surface area contributed by atoms with Gasteiger partial charge in [0.25, 0.3) is 0 Å². The lowest BCUT2D eigenvalue weighted by Crippen LogP contribution is -2.31. The highest BCUT2D eigenvalue weighted by atomic mass is 32.1. The highest BCUT2D eigenvalue weighted by Gasteiger charge is 2.12. The molecule has 1 aromatic carbocycles. The second-order valence-electron chi connectivity index (χ2n) is 4.81. The molecule has 2 aromatic rings. The molecule has 0 fully saturated rings. The van der Waals surface area contributed by atoms with E-state index in [0.29, 0.717) is 12.0 Å². The van der Waals surface area contributed by atoms with Gasteiger partial charge in [-0.15, -0.1) is 11.3 Å². The smallest absolute Gasteiger partial charge is 0.129 e. The Morgan fingerprint density at radius 2 is 2.10 bits per heavy atom. The van der Waals surface area contributed by atoms with E-state index in [1.165, 1.54) is 10.9 Å². The third-order valence-electron chi connectivity index (χ3n) is 3.29. The fourth-order valence-corrected chi connectivity index (χ4v) is 3.01. The number of hydrogen-bond donors (Lipinski definition) is 1. The van der Waals surface area contributed by atoms with Crippen LogP contribution in [0.1, 0.15) is 23.8 Å². The third kappa shape index (κ3) is 4.39. The molecule has 1 unspecified atom stereocenters. The molecular weight excluding hydrogens is 276 g/mol. The van der Waals surface area contributed by atoms with E-state index in [1.807, 2.05) is 13.0 Å². The van der Waals surface area contributed by atoms with Gasteiger partial charge in [0.15, 0.2) is 0 Å². The Labute approximate surface area is 122 Å². The molecule has 2 rings (SSSR count). The molecule has 1 atom stereocenters. The van der Waals surface area contributed by atoms with Crippen LogP contribution in [0, 0.1) is 11.6 Å². The van der Waals surface area contributed by atoms with Crippen molar-refractivity contribution in [3.8, 4) is 0 Å². The van der Waals surface area contributed by atoms with Gasteiger partial charge in [0, 0.05) is 17.0 Å². The van der Waals surface area contributed by atoms with Crippen molar-refractivity contribution in [2.75, 3.05) is 6.54 Å². The van der Waals surface area contributed by atoms with Crippen LogP contribution in [-0.4, -0.2) is 12.6 Å². The summed E-state index contributed by atoms with van der Waals surface area (Å²) in [6, 6.07) is 8.19. The van der Waals surface area contributed by atoms with Crippen LogP contribution in [0.4, 0.5) is 8.78 Å². The molecule has 0 saturated carbocycles. The lowest BCUT2D eigenvalue weighted by atomic mass is 10.0. The van der Waals surface area contributed by atoms with Crippen molar-refractivity contribution in [3.05, 3.63) is 57.8 Å². The highest BCUT2D eigenvalue weighted by Crippen LogP contribution is 2.16. The van der Waals surface area contributed by atoms with Crippen molar-refractivity contribution in [2.24, 2.45) is 0 Å². The molecule has 0 spiro atoms. The van der Waals surface area contributed by atoms with Gasteiger partial charge in [0.05, 0.1) is 0 Å². The van der Waals surface area contributed by atoms with Crippen LogP contribution in [0.25, 0.3) is 0 Å². The Hall–Kier alpha value is -1.26. The predicted molar refractivity (Wildman–Crippen MR) is 80.2 cm³/mol. The zero-order chi connectivity index (χ0) is 14.4. The topological polar surface area (TPSA) is 12.0 Å². The van der Waals surface area contributed by atoms with Gasteiger partial charge in [-0.2, -0.15) is 0 Å². The van der Waals surface area contributed by atoms with Gasteiger partial charge >= 0.3 is 0 Å². The maximum Gasteiger partial charge on any atom is 0.129 e. The highest BCUT2D eigenvalue weighted by molar-refractivity contribution is 7.09. The summed E-state index contributed by atoms with van der Waals surface area (Å²) in [5, 5.41) is 5.45. The SMILES string of the molecule is CCNC(CCc1cccs1)Cc1ccc(F)cc1F.